The van der Waals surface area contributed by atoms with Gasteiger partial charge in [-0.2, -0.15) is 0 Å². The Bertz CT molecular complexity index is 497. The predicted octanol–water partition coefficient (Wildman–Crippen LogP) is 2.07. The topological polar surface area (TPSA) is 41.6 Å². The maximum Gasteiger partial charge on any atom is 0.267 e. The van der Waals surface area contributed by atoms with Gasteiger partial charge in [-0.25, -0.2) is 0 Å². The van der Waals surface area contributed by atoms with Crippen molar-refractivity contribution >= 4 is 11.6 Å². The number of carbonyl (C=O) groups excluding carboxylic acids is 1. The molecule has 1 N–H and O–H groups in total. The summed E-state index contributed by atoms with van der Waals surface area (Å²) in [4.78, 5) is 13.6. The van der Waals surface area contributed by atoms with E-state index in [9.17, 15) is 4.79 Å². The smallest absolute Gasteiger partial charge is 0.267 e. The van der Waals surface area contributed by atoms with Crippen molar-refractivity contribution in [2.24, 2.45) is 0 Å². The van der Waals surface area contributed by atoms with E-state index < -0.39 is 6.10 Å². The fourth-order valence-electron chi connectivity index (χ4n) is 2.54. The standard InChI is InChI=1S/C15H20N2O2/c1-10-15(18)17(2)13-8-11(6-7-14(13)19-10)9-16-12-4-3-5-12/h6-8,10,12,16H,3-5,9H2,1-2H3. The van der Waals surface area contributed by atoms with Crippen molar-refractivity contribution in [3.8, 4) is 5.75 Å². The summed E-state index contributed by atoms with van der Waals surface area (Å²) in [5, 5.41) is 3.53. The molecule has 102 valence electrons. The SMILES string of the molecule is CC1Oc2ccc(CNC3CCC3)cc2N(C)C1=O. The lowest BCUT2D eigenvalue weighted by Crippen LogP contribution is -2.42. The van der Waals surface area contributed by atoms with Gasteiger partial charge in [0.05, 0.1) is 5.69 Å². The molecule has 19 heavy (non-hydrogen) atoms. The van der Waals surface area contributed by atoms with Crippen molar-refractivity contribution in [1.29, 1.82) is 0 Å². The molecule has 0 radical (unpaired) electrons. The van der Waals surface area contributed by atoms with E-state index in [0.717, 1.165) is 18.0 Å². The molecule has 4 nitrogen and oxygen atoms in total. The van der Waals surface area contributed by atoms with Gasteiger partial charge in [-0.05, 0) is 37.5 Å². The zero-order valence-corrected chi connectivity index (χ0v) is 11.5. The second-order valence-electron chi connectivity index (χ2n) is 5.47. The Kier molecular flexibility index (Phi) is 3.19. The van der Waals surface area contributed by atoms with Crippen molar-refractivity contribution in [1.82, 2.24) is 5.32 Å². The maximum absolute atomic E-state index is 11.9. The van der Waals surface area contributed by atoms with Crippen LogP contribution in [0, 0.1) is 0 Å². The number of benzene rings is 1. The van der Waals surface area contributed by atoms with Crippen LogP contribution in [0.1, 0.15) is 31.7 Å². The van der Waals surface area contributed by atoms with Crippen LogP contribution in [0.3, 0.4) is 0 Å². The average Bonchev–Trinajstić information content (AvgIpc) is 2.35. The Labute approximate surface area is 113 Å². The number of nitrogens with one attached hydrogen (secondary N) is 1. The molecule has 1 fully saturated rings. The van der Waals surface area contributed by atoms with E-state index in [-0.39, 0.29) is 5.91 Å². The van der Waals surface area contributed by atoms with Gasteiger partial charge in [0.2, 0.25) is 0 Å². The summed E-state index contributed by atoms with van der Waals surface area (Å²) in [5.74, 6) is 0.804. The molecule has 1 aromatic carbocycles. The number of amides is 1. The van der Waals surface area contributed by atoms with Crippen LogP contribution in [0.15, 0.2) is 18.2 Å². The number of likely N-dealkylation sites (N-methyl/N-ethyl adjacent to an activating group) is 1. The predicted molar refractivity (Wildman–Crippen MR) is 74.4 cm³/mol. The molecule has 1 saturated carbocycles. The summed E-state index contributed by atoms with van der Waals surface area (Å²) in [7, 11) is 1.81. The summed E-state index contributed by atoms with van der Waals surface area (Å²) < 4.78 is 5.62. The highest BCUT2D eigenvalue weighted by atomic mass is 16.5. The first kappa shape index (κ1) is 12.5. The number of ether oxygens (including phenoxy) is 1. The van der Waals surface area contributed by atoms with Crippen LogP contribution in [-0.2, 0) is 11.3 Å². The van der Waals surface area contributed by atoms with Gasteiger partial charge in [-0.3, -0.25) is 4.79 Å². The highest BCUT2D eigenvalue weighted by Gasteiger charge is 2.28. The minimum Gasteiger partial charge on any atom is -0.479 e. The van der Waals surface area contributed by atoms with Crippen LogP contribution in [-0.4, -0.2) is 25.1 Å². The second-order valence-corrected chi connectivity index (χ2v) is 5.47. The van der Waals surface area contributed by atoms with Crippen molar-refractivity contribution in [2.45, 2.75) is 44.9 Å². The molecule has 3 rings (SSSR count). The summed E-state index contributed by atoms with van der Waals surface area (Å²) in [5.41, 5.74) is 2.07. The van der Waals surface area contributed by atoms with E-state index in [1.54, 1.807) is 11.8 Å². The molecule has 1 amide bonds. The minimum absolute atomic E-state index is 0.0107. The van der Waals surface area contributed by atoms with Gasteiger partial charge in [-0.15, -0.1) is 0 Å². The number of carbonyl (C=O) groups is 1. The number of nitrogens with zero attached hydrogens (tertiary/aromatic N) is 1. The molecule has 1 aliphatic heterocycles. The molecule has 2 aliphatic rings. The average molecular weight is 260 g/mol. The Morgan fingerprint density at radius 2 is 2.21 bits per heavy atom. The molecular formula is C15H20N2O2. The monoisotopic (exact) mass is 260 g/mol. The summed E-state index contributed by atoms with van der Waals surface area (Å²) in [6.45, 7) is 2.64. The van der Waals surface area contributed by atoms with E-state index in [4.69, 9.17) is 4.74 Å². The molecule has 0 aromatic heterocycles. The molecular weight excluding hydrogens is 240 g/mol. The summed E-state index contributed by atoms with van der Waals surface area (Å²) >= 11 is 0. The number of fused-ring (bicyclic) bond motifs is 1. The lowest BCUT2D eigenvalue weighted by atomic mass is 9.93. The first-order chi connectivity index (χ1) is 9.15. The van der Waals surface area contributed by atoms with Gasteiger partial charge in [-0.1, -0.05) is 12.5 Å². The van der Waals surface area contributed by atoms with Gasteiger partial charge < -0.3 is 15.0 Å². The fourth-order valence-corrected chi connectivity index (χ4v) is 2.54. The van der Waals surface area contributed by atoms with Gasteiger partial charge in [0.25, 0.3) is 5.91 Å². The van der Waals surface area contributed by atoms with Crippen molar-refractivity contribution in [2.75, 3.05) is 11.9 Å². The molecule has 1 unspecified atom stereocenters. The molecule has 1 aromatic rings. The first-order valence-corrected chi connectivity index (χ1v) is 6.95. The summed E-state index contributed by atoms with van der Waals surface area (Å²) in [6.07, 6.45) is 3.51. The lowest BCUT2D eigenvalue weighted by Gasteiger charge is -2.31. The number of hydrogen-bond donors (Lipinski definition) is 1. The highest BCUT2D eigenvalue weighted by Crippen LogP contribution is 2.34. The Balaban J connectivity index is 1.76. The highest BCUT2D eigenvalue weighted by molar-refractivity contribution is 5.99. The fraction of sp³-hybridized carbons (Fsp3) is 0.533. The van der Waals surface area contributed by atoms with Crippen molar-refractivity contribution in [3.63, 3.8) is 0 Å². The van der Waals surface area contributed by atoms with E-state index >= 15 is 0 Å². The van der Waals surface area contributed by atoms with E-state index in [1.807, 2.05) is 19.2 Å². The molecule has 0 spiro atoms. The third kappa shape index (κ3) is 2.32. The second kappa shape index (κ2) is 4.85. The number of anilines is 1. The zero-order chi connectivity index (χ0) is 13.4. The zero-order valence-electron chi connectivity index (χ0n) is 11.5. The van der Waals surface area contributed by atoms with Gasteiger partial charge >= 0.3 is 0 Å². The quantitative estimate of drug-likeness (QED) is 0.904. The van der Waals surface area contributed by atoms with Crippen LogP contribution < -0.4 is 15.0 Å². The van der Waals surface area contributed by atoms with E-state index in [2.05, 4.69) is 11.4 Å². The third-order valence-corrected chi connectivity index (χ3v) is 4.07. The van der Waals surface area contributed by atoms with Crippen molar-refractivity contribution in [3.05, 3.63) is 23.8 Å². The largest absolute Gasteiger partial charge is 0.479 e. The molecule has 1 aliphatic carbocycles. The molecule has 0 bridgehead atoms. The van der Waals surface area contributed by atoms with Crippen molar-refractivity contribution < 1.29 is 9.53 Å². The molecule has 4 heteroatoms. The Hall–Kier alpha value is -1.55. The summed E-state index contributed by atoms with van der Waals surface area (Å²) in [6, 6.07) is 6.75. The van der Waals surface area contributed by atoms with Gasteiger partial charge in [0.1, 0.15) is 5.75 Å². The number of rotatable bonds is 3. The van der Waals surface area contributed by atoms with Crippen LogP contribution in [0.4, 0.5) is 5.69 Å². The Morgan fingerprint density at radius 1 is 1.42 bits per heavy atom. The maximum atomic E-state index is 11.9. The third-order valence-electron chi connectivity index (χ3n) is 4.07. The van der Waals surface area contributed by atoms with Gasteiger partial charge in [0, 0.05) is 19.6 Å². The molecule has 0 saturated heterocycles. The normalized spacial score (nSPS) is 22.7. The van der Waals surface area contributed by atoms with E-state index in [1.165, 1.54) is 24.8 Å². The lowest BCUT2D eigenvalue weighted by molar-refractivity contribution is -0.125. The first-order valence-electron chi connectivity index (χ1n) is 6.95. The number of hydrogen-bond acceptors (Lipinski definition) is 3. The van der Waals surface area contributed by atoms with Crippen LogP contribution in [0.25, 0.3) is 0 Å². The van der Waals surface area contributed by atoms with Crippen LogP contribution in [0.2, 0.25) is 0 Å². The Morgan fingerprint density at radius 3 is 2.89 bits per heavy atom. The van der Waals surface area contributed by atoms with Crippen LogP contribution in [0.5, 0.6) is 5.75 Å². The van der Waals surface area contributed by atoms with Crippen LogP contribution >= 0.6 is 0 Å². The molecule has 1 heterocycles. The van der Waals surface area contributed by atoms with E-state index in [0.29, 0.717) is 6.04 Å². The molecule has 1 atom stereocenters. The van der Waals surface area contributed by atoms with Gasteiger partial charge in [0.15, 0.2) is 6.10 Å². The minimum atomic E-state index is -0.392.